The topological polar surface area (TPSA) is 12.4 Å². The Morgan fingerprint density at radius 3 is 2.07 bits per heavy atom. The molecular formula is C24H22FNS. The van der Waals surface area contributed by atoms with E-state index in [0.717, 1.165) is 24.0 Å². The summed E-state index contributed by atoms with van der Waals surface area (Å²) in [6.45, 7) is 4.41. The number of halogens is 1. The van der Waals surface area contributed by atoms with Crippen LogP contribution in [0.2, 0.25) is 0 Å². The molecule has 3 aromatic rings. The van der Waals surface area contributed by atoms with Gasteiger partial charge >= 0.3 is 0 Å². The maximum absolute atomic E-state index is 14.1. The van der Waals surface area contributed by atoms with Crippen LogP contribution >= 0.6 is 12.2 Å². The van der Waals surface area contributed by atoms with E-state index in [9.17, 15) is 4.39 Å². The van der Waals surface area contributed by atoms with Crippen molar-refractivity contribution in [2.45, 2.75) is 32.6 Å². The fraction of sp³-hybridized carbons (Fsp3) is 0.208. The quantitative estimate of drug-likeness (QED) is 0.324. The lowest BCUT2D eigenvalue weighted by molar-refractivity contribution is 0.630. The van der Waals surface area contributed by atoms with Crippen LogP contribution in [0.5, 0.6) is 0 Å². The number of aryl methyl sites for hydroxylation is 1. The van der Waals surface area contributed by atoms with E-state index in [1.54, 1.807) is 6.07 Å². The molecule has 0 aliphatic rings. The third-order valence-corrected chi connectivity index (χ3v) is 4.97. The molecule has 0 saturated carbocycles. The maximum atomic E-state index is 14.1. The Morgan fingerprint density at radius 2 is 1.52 bits per heavy atom. The van der Waals surface area contributed by atoms with E-state index in [0.29, 0.717) is 5.92 Å². The van der Waals surface area contributed by atoms with Crippen LogP contribution in [0.4, 0.5) is 10.1 Å². The zero-order chi connectivity index (χ0) is 19.2. The van der Waals surface area contributed by atoms with Crippen LogP contribution in [0.1, 0.15) is 42.9 Å². The van der Waals surface area contributed by atoms with Gasteiger partial charge in [-0.25, -0.2) is 4.39 Å². The van der Waals surface area contributed by atoms with E-state index in [1.807, 2.05) is 18.2 Å². The van der Waals surface area contributed by atoms with Gasteiger partial charge in [0.05, 0.1) is 5.16 Å². The zero-order valence-corrected chi connectivity index (χ0v) is 16.4. The second-order valence-corrected chi connectivity index (χ2v) is 6.89. The number of isothiocyanates is 1. The van der Waals surface area contributed by atoms with E-state index in [-0.39, 0.29) is 5.69 Å². The molecule has 3 heteroatoms. The highest BCUT2D eigenvalue weighted by atomic mass is 32.1. The molecule has 3 aromatic carbocycles. The molecule has 0 aromatic heterocycles. The Morgan fingerprint density at radius 1 is 0.926 bits per heavy atom. The predicted molar refractivity (Wildman–Crippen MR) is 114 cm³/mol. The fourth-order valence-corrected chi connectivity index (χ4v) is 3.34. The van der Waals surface area contributed by atoms with Gasteiger partial charge in [-0.3, -0.25) is 0 Å². The molecule has 1 unspecified atom stereocenters. The van der Waals surface area contributed by atoms with Crippen LogP contribution in [0, 0.1) is 5.82 Å². The second-order valence-electron chi connectivity index (χ2n) is 6.70. The molecule has 0 radical (unpaired) electrons. The van der Waals surface area contributed by atoms with Crippen molar-refractivity contribution in [3.8, 4) is 11.1 Å². The average molecular weight is 376 g/mol. The molecular weight excluding hydrogens is 353 g/mol. The summed E-state index contributed by atoms with van der Waals surface area (Å²) in [4.78, 5) is 3.72. The van der Waals surface area contributed by atoms with Crippen molar-refractivity contribution in [1.29, 1.82) is 0 Å². The van der Waals surface area contributed by atoms with Crippen LogP contribution in [-0.4, -0.2) is 5.16 Å². The molecule has 0 amide bonds. The molecule has 1 nitrogen and oxygen atoms in total. The van der Waals surface area contributed by atoms with E-state index in [2.05, 4.69) is 72.6 Å². The number of hydrogen-bond donors (Lipinski definition) is 0. The molecule has 0 aliphatic heterocycles. The van der Waals surface area contributed by atoms with Crippen molar-refractivity contribution in [3.63, 3.8) is 0 Å². The number of rotatable bonds is 6. The Hall–Kier alpha value is -2.61. The molecule has 1 atom stereocenters. The van der Waals surface area contributed by atoms with Crippen LogP contribution in [0.3, 0.4) is 0 Å². The van der Waals surface area contributed by atoms with Crippen molar-refractivity contribution in [2.24, 2.45) is 4.99 Å². The van der Waals surface area contributed by atoms with Gasteiger partial charge in [-0.2, -0.15) is 4.99 Å². The van der Waals surface area contributed by atoms with Gasteiger partial charge < -0.3 is 0 Å². The third-order valence-electron chi connectivity index (χ3n) is 4.88. The molecule has 27 heavy (non-hydrogen) atoms. The third kappa shape index (κ3) is 4.57. The minimum absolute atomic E-state index is 0.213. The molecule has 3 rings (SSSR count). The van der Waals surface area contributed by atoms with Gasteiger partial charge in [0.15, 0.2) is 0 Å². The maximum Gasteiger partial charge on any atom is 0.150 e. The summed E-state index contributed by atoms with van der Waals surface area (Å²) in [6.07, 6.45) is 2.28. The predicted octanol–water partition coefficient (Wildman–Crippen LogP) is 7.33. The molecule has 0 N–H and O–H groups in total. The van der Waals surface area contributed by atoms with Crippen molar-refractivity contribution in [3.05, 3.63) is 89.2 Å². The molecule has 0 heterocycles. The van der Waals surface area contributed by atoms with E-state index < -0.39 is 5.82 Å². The van der Waals surface area contributed by atoms with Gasteiger partial charge in [-0.1, -0.05) is 74.9 Å². The van der Waals surface area contributed by atoms with E-state index in [4.69, 9.17) is 0 Å². The Kier molecular flexibility index (Phi) is 6.28. The molecule has 0 bridgehead atoms. The van der Waals surface area contributed by atoms with Gasteiger partial charge in [0, 0.05) is 5.92 Å². The zero-order valence-electron chi connectivity index (χ0n) is 15.6. The number of benzene rings is 3. The first kappa shape index (κ1) is 19.2. The molecule has 0 fully saturated rings. The van der Waals surface area contributed by atoms with Gasteiger partial charge in [-0.05, 0) is 58.6 Å². The van der Waals surface area contributed by atoms with Crippen LogP contribution in [-0.2, 0) is 6.42 Å². The SMILES string of the molecule is CCCc1ccc(C(C)c2ccc(-c3ccc(N=C=S)c(F)c3)cc2)cc1. The lowest BCUT2D eigenvalue weighted by atomic mass is 9.91. The summed E-state index contributed by atoms with van der Waals surface area (Å²) in [5.74, 6) is -0.0831. The van der Waals surface area contributed by atoms with Crippen molar-refractivity contribution in [2.75, 3.05) is 0 Å². The number of aliphatic imine (C=N–C) groups is 1. The Balaban J connectivity index is 1.80. The molecule has 0 aliphatic carbocycles. The molecule has 0 spiro atoms. The van der Waals surface area contributed by atoms with Crippen molar-refractivity contribution < 1.29 is 4.39 Å². The fourth-order valence-electron chi connectivity index (χ4n) is 3.24. The summed E-state index contributed by atoms with van der Waals surface area (Å²) in [5, 5.41) is 2.20. The summed E-state index contributed by atoms with van der Waals surface area (Å²) < 4.78 is 14.1. The second kappa shape index (κ2) is 8.85. The minimum atomic E-state index is -0.394. The Labute approximate surface area is 165 Å². The summed E-state index contributed by atoms with van der Waals surface area (Å²) in [7, 11) is 0. The lowest BCUT2D eigenvalue weighted by Gasteiger charge is -2.14. The highest BCUT2D eigenvalue weighted by molar-refractivity contribution is 7.78. The molecule has 136 valence electrons. The monoisotopic (exact) mass is 375 g/mol. The first-order valence-electron chi connectivity index (χ1n) is 9.19. The minimum Gasteiger partial charge on any atom is -0.205 e. The van der Waals surface area contributed by atoms with Crippen LogP contribution in [0.15, 0.2) is 71.7 Å². The van der Waals surface area contributed by atoms with E-state index >= 15 is 0 Å². The van der Waals surface area contributed by atoms with Gasteiger partial charge in [0.25, 0.3) is 0 Å². The summed E-state index contributed by atoms with van der Waals surface area (Å²) >= 11 is 4.54. The number of thiocarbonyl (C=S) groups is 1. The van der Waals surface area contributed by atoms with Gasteiger partial charge in [-0.15, -0.1) is 0 Å². The number of hydrogen-bond acceptors (Lipinski definition) is 2. The van der Waals surface area contributed by atoms with Crippen molar-refractivity contribution in [1.82, 2.24) is 0 Å². The highest BCUT2D eigenvalue weighted by Gasteiger charge is 2.10. The average Bonchev–Trinajstić information content (AvgIpc) is 2.70. The highest BCUT2D eigenvalue weighted by Crippen LogP contribution is 2.29. The first-order valence-corrected chi connectivity index (χ1v) is 9.59. The van der Waals surface area contributed by atoms with Gasteiger partial charge in [0.2, 0.25) is 0 Å². The largest absolute Gasteiger partial charge is 0.205 e. The number of nitrogens with zero attached hydrogens (tertiary/aromatic N) is 1. The standard InChI is InChI=1S/C24H22FNS/c1-3-4-18-5-7-19(8-6-18)17(2)20-9-11-21(12-10-20)22-13-14-24(26-16-27)23(25)15-22/h5-15,17H,3-4H2,1-2H3. The summed E-state index contributed by atoms with van der Waals surface area (Å²) in [6, 6.07) is 22.1. The summed E-state index contributed by atoms with van der Waals surface area (Å²) in [5.41, 5.74) is 5.93. The smallest absolute Gasteiger partial charge is 0.150 e. The lowest BCUT2D eigenvalue weighted by Crippen LogP contribution is -1.96. The Bertz CT molecular complexity index is 955. The molecule has 0 saturated heterocycles. The first-order chi connectivity index (χ1) is 13.1. The van der Waals surface area contributed by atoms with Gasteiger partial charge in [0.1, 0.15) is 11.5 Å². The van der Waals surface area contributed by atoms with Crippen LogP contribution < -0.4 is 0 Å². The van der Waals surface area contributed by atoms with E-state index in [1.165, 1.54) is 22.8 Å². The van der Waals surface area contributed by atoms with Crippen LogP contribution in [0.25, 0.3) is 11.1 Å². The normalized spacial score (nSPS) is 11.7. The van der Waals surface area contributed by atoms with Crippen molar-refractivity contribution >= 4 is 23.1 Å².